The van der Waals surface area contributed by atoms with E-state index < -0.39 is 0 Å². The molecule has 1 aliphatic carbocycles. The third-order valence-electron chi connectivity index (χ3n) is 3.81. The Morgan fingerprint density at radius 1 is 1.31 bits per heavy atom. The van der Waals surface area contributed by atoms with Gasteiger partial charge in [0.15, 0.2) is 0 Å². The maximum absolute atomic E-state index is 6.31. The van der Waals surface area contributed by atoms with Crippen LogP contribution in [0.2, 0.25) is 0 Å². The van der Waals surface area contributed by atoms with E-state index in [-0.39, 0.29) is 11.5 Å². The molecular weight excluding hydrogens is 198 g/mol. The van der Waals surface area contributed by atoms with E-state index in [1.807, 2.05) is 6.92 Å². The van der Waals surface area contributed by atoms with Crippen LogP contribution in [0.15, 0.2) is 30.3 Å². The molecule has 0 aliphatic heterocycles. The molecule has 0 aromatic heterocycles. The lowest BCUT2D eigenvalue weighted by Gasteiger charge is -2.46. The van der Waals surface area contributed by atoms with Crippen LogP contribution in [-0.4, -0.2) is 19.3 Å². The molecule has 1 saturated carbocycles. The first-order valence-electron chi connectivity index (χ1n) is 6.18. The Hall–Kier alpha value is -0.860. The van der Waals surface area contributed by atoms with Crippen molar-refractivity contribution < 1.29 is 4.74 Å². The molecule has 88 valence electrons. The van der Waals surface area contributed by atoms with Crippen LogP contribution in [0.3, 0.4) is 0 Å². The highest BCUT2D eigenvalue weighted by Crippen LogP contribution is 2.45. The van der Waals surface area contributed by atoms with Gasteiger partial charge in [0.25, 0.3) is 0 Å². The SMILES string of the molecule is CCOCC(N)C1(c2ccccc2)CCC1. The molecule has 1 atom stereocenters. The zero-order valence-corrected chi connectivity index (χ0v) is 9.99. The van der Waals surface area contributed by atoms with Gasteiger partial charge in [0.05, 0.1) is 6.61 Å². The fourth-order valence-corrected chi connectivity index (χ4v) is 2.61. The van der Waals surface area contributed by atoms with E-state index in [9.17, 15) is 0 Å². The largest absolute Gasteiger partial charge is 0.380 e. The molecule has 1 aromatic carbocycles. The van der Waals surface area contributed by atoms with Gasteiger partial charge in [0, 0.05) is 18.1 Å². The Balaban J connectivity index is 2.13. The topological polar surface area (TPSA) is 35.2 Å². The van der Waals surface area contributed by atoms with Crippen LogP contribution in [0.5, 0.6) is 0 Å². The number of hydrogen-bond acceptors (Lipinski definition) is 2. The van der Waals surface area contributed by atoms with Crippen molar-refractivity contribution in [3.63, 3.8) is 0 Å². The first kappa shape index (κ1) is 11.6. The normalized spacial score (nSPS) is 20.1. The summed E-state index contributed by atoms with van der Waals surface area (Å²) >= 11 is 0. The predicted molar refractivity (Wildman–Crippen MR) is 66.4 cm³/mol. The Labute approximate surface area is 97.8 Å². The summed E-state index contributed by atoms with van der Waals surface area (Å²) < 4.78 is 5.47. The average molecular weight is 219 g/mol. The van der Waals surface area contributed by atoms with Crippen molar-refractivity contribution >= 4 is 0 Å². The lowest BCUT2D eigenvalue weighted by molar-refractivity contribution is 0.0787. The maximum Gasteiger partial charge on any atom is 0.0626 e. The van der Waals surface area contributed by atoms with Gasteiger partial charge in [-0.3, -0.25) is 0 Å². The van der Waals surface area contributed by atoms with Crippen molar-refractivity contribution in [2.45, 2.75) is 37.6 Å². The molecule has 0 amide bonds. The number of ether oxygens (including phenoxy) is 1. The van der Waals surface area contributed by atoms with E-state index in [0.29, 0.717) is 6.61 Å². The van der Waals surface area contributed by atoms with Crippen molar-refractivity contribution in [1.82, 2.24) is 0 Å². The molecule has 0 saturated heterocycles. The van der Waals surface area contributed by atoms with Crippen LogP contribution in [-0.2, 0) is 10.2 Å². The molecule has 0 bridgehead atoms. The third kappa shape index (κ3) is 2.00. The lowest BCUT2D eigenvalue weighted by Crippen LogP contribution is -2.52. The minimum Gasteiger partial charge on any atom is -0.380 e. The van der Waals surface area contributed by atoms with Gasteiger partial charge in [0.2, 0.25) is 0 Å². The summed E-state index contributed by atoms with van der Waals surface area (Å²) in [5.74, 6) is 0. The highest BCUT2D eigenvalue weighted by Gasteiger charge is 2.43. The van der Waals surface area contributed by atoms with E-state index in [2.05, 4.69) is 30.3 Å². The number of benzene rings is 1. The molecule has 1 aromatic rings. The van der Waals surface area contributed by atoms with Gasteiger partial charge in [-0.05, 0) is 25.3 Å². The van der Waals surface area contributed by atoms with Gasteiger partial charge >= 0.3 is 0 Å². The van der Waals surface area contributed by atoms with Crippen molar-refractivity contribution in [3.8, 4) is 0 Å². The van der Waals surface area contributed by atoms with Crippen molar-refractivity contribution in [1.29, 1.82) is 0 Å². The second-order valence-electron chi connectivity index (χ2n) is 4.64. The fourth-order valence-electron chi connectivity index (χ4n) is 2.61. The van der Waals surface area contributed by atoms with Crippen LogP contribution >= 0.6 is 0 Å². The molecule has 2 rings (SSSR count). The molecule has 0 heterocycles. The zero-order valence-electron chi connectivity index (χ0n) is 9.99. The standard InChI is InChI=1S/C14H21NO/c1-2-16-11-13(15)14(9-6-10-14)12-7-4-3-5-8-12/h3-5,7-8,13H,2,6,9-11,15H2,1H3. The minimum atomic E-state index is 0.128. The van der Waals surface area contributed by atoms with Crippen molar-refractivity contribution in [2.75, 3.05) is 13.2 Å². The van der Waals surface area contributed by atoms with Crippen molar-refractivity contribution in [2.24, 2.45) is 5.73 Å². The Morgan fingerprint density at radius 3 is 2.50 bits per heavy atom. The number of hydrogen-bond donors (Lipinski definition) is 1. The number of nitrogens with two attached hydrogens (primary N) is 1. The fraction of sp³-hybridized carbons (Fsp3) is 0.571. The molecule has 2 heteroatoms. The smallest absolute Gasteiger partial charge is 0.0626 e. The summed E-state index contributed by atoms with van der Waals surface area (Å²) in [6, 6.07) is 10.8. The second-order valence-corrected chi connectivity index (χ2v) is 4.64. The van der Waals surface area contributed by atoms with E-state index in [4.69, 9.17) is 10.5 Å². The van der Waals surface area contributed by atoms with E-state index in [1.165, 1.54) is 24.8 Å². The average Bonchev–Trinajstić information content (AvgIpc) is 2.26. The van der Waals surface area contributed by atoms with Crippen molar-refractivity contribution in [3.05, 3.63) is 35.9 Å². The minimum absolute atomic E-state index is 0.128. The zero-order chi connectivity index (χ0) is 11.4. The van der Waals surface area contributed by atoms with Gasteiger partial charge in [0.1, 0.15) is 0 Å². The van der Waals surface area contributed by atoms with Crippen LogP contribution < -0.4 is 5.73 Å². The summed E-state index contributed by atoms with van der Waals surface area (Å²) in [4.78, 5) is 0. The summed E-state index contributed by atoms with van der Waals surface area (Å²) in [5, 5.41) is 0. The summed E-state index contributed by atoms with van der Waals surface area (Å²) in [6.07, 6.45) is 3.69. The summed E-state index contributed by atoms with van der Waals surface area (Å²) in [6.45, 7) is 3.44. The second kappa shape index (κ2) is 4.98. The predicted octanol–water partition coefficient (Wildman–Crippen LogP) is 2.47. The molecule has 2 N–H and O–H groups in total. The van der Waals surface area contributed by atoms with Gasteiger partial charge < -0.3 is 10.5 Å². The third-order valence-corrected chi connectivity index (χ3v) is 3.81. The molecule has 1 unspecified atom stereocenters. The molecule has 1 aliphatic rings. The Morgan fingerprint density at radius 2 is 2.00 bits per heavy atom. The molecule has 16 heavy (non-hydrogen) atoms. The van der Waals surface area contributed by atoms with E-state index in [0.717, 1.165) is 6.61 Å². The summed E-state index contributed by atoms with van der Waals surface area (Å²) in [7, 11) is 0. The van der Waals surface area contributed by atoms with Crippen LogP contribution in [0, 0.1) is 0 Å². The first-order valence-corrected chi connectivity index (χ1v) is 6.18. The van der Waals surface area contributed by atoms with Gasteiger partial charge in [-0.25, -0.2) is 0 Å². The molecule has 0 radical (unpaired) electrons. The van der Waals surface area contributed by atoms with E-state index in [1.54, 1.807) is 0 Å². The molecule has 0 spiro atoms. The maximum atomic E-state index is 6.31. The first-order chi connectivity index (χ1) is 7.79. The Bertz CT molecular complexity index is 319. The van der Waals surface area contributed by atoms with Gasteiger partial charge in [-0.2, -0.15) is 0 Å². The van der Waals surface area contributed by atoms with E-state index >= 15 is 0 Å². The highest BCUT2D eigenvalue weighted by atomic mass is 16.5. The van der Waals surface area contributed by atoms with Gasteiger partial charge in [-0.1, -0.05) is 36.8 Å². The highest BCUT2D eigenvalue weighted by molar-refractivity contribution is 5.30. The van der Waals surface area contributed by atoms with Gasteiger partial charge in [-0.15, -0.1) is 0 Å². The molecular formula is C14H21NO. The van der Waals surface area contributed by atoms with Crippen LogP contribution in [0.25, 0.3) is 0 Å². The monoisotopic (exact) mass is 219 g/mol. The van der Waals surface area contributed by atoms with Crippen LogP contribution in [0.4, 0.5) is 0 Å². The molecule has 1 fully saturated rings. The Kier molecular flexibility index (Phi) is 3.62. The quantitative estimate of drug-likeness (QED) is 0.825. The molecule has 2 nitrogen and oxygen atoms in total. The van der Waals surface area contributed by atoms with Crippen LogP contribution in [0.1, 0.15) is 31.7 Å². The number of rotatable bonds is 5. The summed E-state index contributed by atoms with van der Waals surface area (Å²) in [5.41, 5.74) is 7.87. The lowest BCUT2D eigenvalue weighted by atomic mass is 9.60.